The van der Waals surface area contributed by atoms with E-state index >= 15 is 0 Å². The van der Waals surface area contributed by atoms with Crippen molar-refractivity contribution >= 4 is 5.96 Å². The summed E-state index contributed by atoms with van der Waals surface area (Å²) >= 11 is 0. The second kappa shape index (κ2) is 8.24. The fourth-order valence-electron chi connectivity index (χ4n) is 2.71. The first kappa shape index (κ1) is 16.2. The molecule has 0 radical (unpaired) electrons. The summed E-state index contributed by atoms with van der Waals surface area (Å²) in [4.78, 5) is 4.65. The summed E-state index contributed by atoms with van der Waals surface area (Å²) in [6, 6.07) is 12.2. The van der Waals surface area contributed by atoms with E-state index in [9.17, 15) is 0 Å². The van der Waals surface area contributed by atoms with Gasteiger partial charge in [-0.2, -0.15) is 0 Å². The number of aliphatic imine (C=N–C) groups is 1. The highest BCUT2D eigenvalue weighted by Crippen LogP contribution is 2.31. The van der Waals surface area contributed by atoms with E-state index in [0.717, 1.165) is 30.3 Å². The molecule has 0 saturated carbocycles. The average Bonchev–Trinajstić information content (AvgIpc) is 3.13. The van der Waals surface area contributed by atoms with Crippen LogP contribution in [0.25, 0.3) is 0 Å². The fraction of sp³-hybridized carbons (Fsp3) is 0.316. The minimum Gasteiger partial charge on any atom is -0.493 e. The largest absolute Gasteiger partial charge is 0.493 e. The average molecular weight is 325 g/mol. The number of nitrogens with one attached hydrogen (secondary N) is 2. The molecule has 1 aromatic carbocycles. The van der Waals surface area contributed by atoms with E-state index in [0.29, 0.717) is 19.7 Å². The Kier molecular flexibility index (Phi) is 5.56. The molecule has 126 valence electrons. The molecule has 5 heteroatoms. The van der Waals surface area contributed by atoms with Crippen LogP contribution in [0.15, 0.2) is 64.7 Å². The van der Waals surface area contributed by atoms with Gasteiger partial charge in [0.25, 0.3) is 0 Å². The molecule has 2 aromatic rings. The lowest BCUT2D eigenvalue weighted by molar-refractivity contribution is 0.261. The summed E-state index contributed by atoms with van der Waals surface area (Å²) in [5.41, 5.74) is 1.17. The van der Waals surface area contributed by atoms with Gasteiger partial charge < -0.3 is 19.8 Å². The van der Waals surface area contributed by atoms with Crippen molar-refractivity contribution < 1.29 is 9.15 Å². The molecule has 3 rings (SSSR count). The molecular weight excluding hydrogens is 302 g/mol. The Hall–Kier alpha value is -2.69. The van der Waals surface area contributed by atoms with Crippen LogP contribution in [0, 0.1) is 0 Å². The van der Waals surface area contributed by atoms with E-state index in [2.05, 4.69) is 28.3 Å². The van der Waals surface area contributed by atoms with Crippen molar-refractivity contribution in [3.63, 3.8) is 0 Å². The Morgan fingerprint density at radius 1 is 1.29 bits per heavy atom. The number of benzene rings is 1. The van der Waals surface area contributed by atoms with Crippen LogP contribution < -0.4 is 15.4 Å². The van der Waals surface area contributed by atoms with Gasteiger partial charge in [-0.05, 0) is 18.2 Å². The van der Waals surface area contributed by atoms with Crippen LogP contribution in [0.2, 0.25) is 0 Å². The van der Waals surface area contributed by atoms with E-state index < -0.39 is 0 Å². The predicted octanol–water partition coefficient (Wildman–Crippen LogP) is 3.07. The van der Waals surface area contributed by atoms with Crippen LogP contribution in [0.5, 0.6) is 5.75 Å². The van der Waals surface area contributed by atoms with Gasteiger partial charge in [0, 0.05) is 31.5 Å². The van der Waals surface area contributed by atoms with E-state index in [-0.39, 0.29) is 6.04 Å². The van der Waals surface area contributed by atoms with E-state index in [1.807, 2.05) is 36.4 Å². The highest BCUT2D eigenvalue weighted by Gasteiger charge is 2.21. The highest BCUT2D eigenvalue weighted by molar-refractivity contribution is 5.80. The number of hydrogen-bond donors (Lipinski definition) is 2. The van der Waals surface area contributed by atoms with Gasteiger partial charge >= 0.3 is 0 Å². The zero-order valence-corrected chi connectivity index (χ0v) is 13.7. The normalized spacial score (nSPS) is 16.8. The molecule has 1 aliphatic heterocycles. The summed E-state index contributed by atoms with van der Waals surface area (Å²) in [5.74, 6) is 2.67. The third-order valence-electron chi connectivity index (χ3n) is 3.89. The lowest BCUT2D eigenvalue weighted by Crippen LogP contribution is -2.41. The summed E-state index contributed by atoms with van der Waals surface area (Å²) in [5, 5.41) is 6.78. The quantitative estimate of drug-likeness (QED) is 0.487. The molecule has 0 bridgehead atoms. The second-order valence-electron chi connectivity index (χ2n) is 5.60. The maximum absolute atomic E-state index is 5.72. The van der Waals surface area contributed by atoms with Crippen LogP contribution in [0.4, 0.5) is 0 Å². The minimum absolute atomic E-state index is 0.189. The number of hydrogen-bond acceptors (Lipinski definition) is 3. The van der Waals surface area contributed by atoms with E-state index in [1.165, 1.54) is 5.56 Å². The molecule has 0 amide bonds. The van der Waals surface area contributed by atoms with Crippen LogP contribution in [-0.4, -0.2) is 25.7 Å². The molecule has 0 spiro atoms. The van der Waals surface area contributed by atoms with Crippen molar-refractivity contribution in [2.24, 2.45) is 4.99 Å². The monoisotopic (exact) mass is 325 g/mol. The first-order valence-electron chi connectivity index (χ1n) is 8.26. The topological polar surface area (TPSA) is 58.8 Å². The first-order valence-corrected chi connectivity index (χ1v) is 8.26. The fourth-order valence-corrected chi connectivity index (χ4v) is 2.71. The molecule has 0 fully saturated rings. The number of guanidine groups is 1. The van der Waals surface area contributed by atoms with E-state index in [1.54, 1.807) is 6.26 Å². The van der Waals surface area contributed by atoms with Gasteiger partial charge in [-0.15, -0.1) is 6.58 Å². The third kappa shape index (κ3) is 4.19. The molecule has 0 aliphatic carbocycles. The molecule has 2 heterocycles. The van der Waals surface area contributed by atoms with Gasteiger partial charge in [0.1, 0.15) is 11.5 Å². The number of nitrogens with zero attached hydrogens (tertiary/aromatic N) is 1. The van der Waals surface area contributed by atoms with Crippen molar-refractivity contribution in [3.8, 4) is 5.75 Å². The Bertz CT molecular complexity index is 680. The maximum Gasteiger partial charge on any atom is 0.192 e. The van der Waals surface area contributed by atoms with Crippen LogP contribution in [-0.2, 0) is 6.42 Å². The minimum atomic E-state index is 0.189. The van der Waals surface area contributed by atoms with Gasteiger partial charge in [-0.25, -0.2) is 0 Å². The standard InChI is InChI=1S/C19H23N3O2/c1-2-11-20-19(21-12-9-15-6-5-13-23-15)22-17-10-14-24-18-8-4-3-7-16(17)18/h2-8,13,17H,1,9-12,14H2,(H2,20,21,22). The molecule has 2 N–H and O–H groups in total. The number of furan rings is 1. The Labute approximate surface area is 142 Å². The van der Waals surface area contributed by atoms with Crippen LogP contribution >= 0.6 is 0 Å². The zero-order chi connectivity index (χ0) is 16.6. The van der Waals surface area contributed by atoms with Crippen molar-refractivity contribution in [1.29, 1.82) is 0 Å². The number of fused-ring (bicyclic) bond motifs is 1. The Morgan fingerprint density at radius 2 is 2.21 bits per heavy atom. The smallest absolute Gasteiger partial charge is 0.192 e. The van der Waals surface area contributed by atoms with E-state index in [4.69, 9.17) is 9.15 Å². The van der Waals surface area contributed by atoms with Crippen molar-refractivity contribution in [2.75, 3.05) is 19.7 Å². The zero-order valence-electron chi connectivity index (χ0n) is 13.7. The van der Waals surface area contributed by atoms with Gasteiger partial charge in [-0.1, -0.05) is 24.3 Å². The molecule has 0 saturated heterocycles. The van der Waals surface area contributed by atoms with Gasteiger partial charge in [0.15, 0.2) is 5.96 Å². The molecule has 1 atom stereocenters. The molecule has 24 heavy (non-hydrogen) atoms. The number of rotatable bonds is 6. The third-order valence-corrected chi connectivity index (χ3v) is 3.89. The van der Waals surface area contributed by atoms with Gasteiger partial charge in [-0.3, -0.25) is 4.99 Å². The van der Waals surface area contributed by atoms with Crippen molar-refractivity contribution in [2.45, 2.75) is 18.9 Å². The first-order chi connectivity index (χ1) is 11.9. The van der Waals surface area contributed by atoms with Gasteiger partial charge in [0.05, 0.1) is 18.9 Å². The van der Waals surface area contributed by atoms with Crippen LogP contribution in [0.1, 0.15) is 23.8 Å². The summed E-state index contributed by atoms with van der Waals surface area (Å²) in [6.45, 7) is 5.78. The molecule has 1 aromatic heterocycles. The summed E-state index contributed by atoms with van der Waals surface area (Å²) < 4.78 is 11.1. The predicted molar refractivity (Wildman–Crippen MR) is 95.3 cm³/mol. The van der Waals surface area contributed by atoms with Crippen molar-refractivity contribution in [1.82, 2.24) is 10.6 Å². The lowest BCUT2D eigenvalue weighted by atomic mass is 10.0. The van der Waals surface area contributed by atoms with Crippen LogP contribution in [0.3, 0.4) is 0 Å². The Morgan fingerprint density at radius 3 is 3.04 bits per heavy atom. The Balaban J connectivity index is 1.66. The maximum atomic E-state index is 5.72. The SMILES string of the molecule is C=CCNC(=NCCc1ccco1)NC1CCOc2ccccc21. The highest BCUT2D eigenvalue weighted by atomic mass is 16.5. The summed E-state index contributed by atoms with van der Waals surface area (Å²) in [6.07, 6.45) is 5.19. The molecule has 1 aliphatic rings. The lowest BCUT2D eigenvalue weighted by Gasteiger charge is -2.28. The number of ether oxygens (including phenoxy) is 1. The molecule has 1 unspecified atom stereocenters. The number of para-hydroxylation sites is 1. The summed E-state index contributed by atoms with van der Waals surface area (Å²) in [7, 11) is 0. The molecular formula is C19H23N3O2. The molecule has 5 nitrogen and oxygen atoms in total. The van der Waals surface area contributed by atoms with Crippen molar-refractivity contribution in [3.05, 3.63) is 66.6 Å². The van der Waals surface area contributed by atoms with Gasteiger partial charge in [0.2, 0.25) is 0 Å². The second-order valence-corrected chi connectivity index (χ2v) is 5.60.